The summed E-state index contributed by atoms with van der Waals surface area (Å²) in [6.07, 6.45) is 4.85. The highest BCUT2D eigenvalue weighted by atomic mass is 16.5. The number of ether oxygens (including phenoxy) is 1. The van der Waals surface area contributed by atoms with Crippen molar-refractivity contribution in [2.45, 2.75) is 26.1 Å². The van der Waals surface area contributed by atoms with E-state index >= 15 is 0 Å². The van der Waals surface area contributed by atoms with E-state index in [4.69, 9.17) is 4.74 Å². The topological polar surface area (TPSA) is 45.6 Å². The zero-order chi connectivity index (χ0) is 11.4. The first kappa shape index (κ1) is 11.4. The van der Waals surface area contributed by atoms with E-state index in [9.17, 15) is 5.11 Å². The zero-order valence-electron chi connectivity index (χ0n) is 9.59. The van der Waals surface area contributed by atoms with Crippen molar-refractivity contribution < 1.29 is 9.84 Å². The maximum absolute atomic E-state index is 9.29. The Hall–Kier alpha value is -1.13. The van der Waals surface area contributed by atoms with Gasteiger partial charge in [-0.05, 0) is 12.5 Å². The normalized spacial score (nSPS) is 21.1. The van der Waals surface area contributed by atoms with Crippen LogP contribution in [0.5, 0.6) is 0 Å². The molecule has 1 aliphatic rings. The molecule has 0 bridgehead atoms. The largest absolute Gasteiger partial charge is 0.392 e. The van der Waals surface area contributed by atoms with E-state index in [0.29, 0.717) is 6.10 Å². The van der Waals surface area contributed by atoms with Crippen LogP contribution in [-0.4, -0.2) is 35.9 Å². The molecule has 16 heavy (non-hydrogen) atoms. The summed E-state index contributed by atoms with van der Waals surface area (Å²) in [5, 5.41) is 9.29. The molecule has 0 aliphatic carbocycles. The average Bonchev–Trinajstić information content (AvgIpc) is 2.38. The van der Waals surface area contributed by atoms with Crippen LogP contribution in [0.4, 0.5) is 5.69 Å². The summed E-state index contributed by atoms with van der Waals surface area (Å²) < 4.78 is 5.63. The molecule has 1 N–H and O–H groups in total. The lowest BCUT2D eigenvalue weighted by atomic mass is 10.1. The van der Waals surface area contributed by atoms with E-state index in [1.807, 2.05) is 12.3 Å². The summed E-state index contributed by atoms with van der Waals surface area (Å²) in [6.45, 7) is 4.69. The SMILES string of the molecule is CCC1CN(c2cnccc2CO)CCO1. The molecule has 1 fully saturated rings. The van der Waals surface area contributed by atoms with Gasteiger partial charge in [0.2, 0.25) is 0 Å². The number of aliphatic hydroxyl groups excluding tert-OH is 1. The van der Waals surface area contributed by atoms with Crippen LogP contribution in [0, 0.1) is 0 Å². The number of aromatic nitrogens is 1. The quantitative estimate of drug-likeness (QED) is 0.834. The molecule has 2 heterocycles. The van der Waals surface area contributed by atoms with Crippen molar-refractivity contribution in [3.63, 3.8) is 0 Å². The van der Waals surface area contributed by atoms with Crippen molar-refractivity contribution >= 4 is 5.69 Å². The second-order valence-electron chi connectivity index (χ2n) is 4.01. The van der Waals surface area contributed by atoms with E-state index in [0.717, 1.165) is 37.4 Å². The Balaban J connectivity index is 2.16. The first-order valence-electron chi connectivity index (χ1n) is 5.75. The Bertz CT molecular complexity index is 344. The van der Waals surface area contributed by atoms with Crippen molar-refractivity contribution in [3.8, 4) is 0 Å². The van der Waals surface area contributed by atoms with E-state index < -0.39 is 0 Å². The molecular formula is C12H18N2O2. The average molecular weight is 222 g/mol. The van der Waals surface area contributed by atoms with Crippen LogP contribution < -0.4 is 4.90 Å². The molecule has 1 atom stereocenters. The smallest absolute Gasteiger partial charge is 0.0748 e. The van der Waals surface area contributed by atoms with Gasteiger partial charge in [-0.15, -0.1) is 0 Å². The third kappa shape index (κ3) is 2.33. The van der Waals surface area contributed by atoms with Gasteiger partial charge in [0.25, 0.3) is 0 Å². The van der Waals surface area contributed by atoms with Gasteiger partial charge in [0, 0.05) is 24.8 Å². The first-order chi connectivity index (χ1) is 7.85. The molecular weight excluding hydrogens is 204 g/mol. The summed E-state index contributed by atoms with van der Waals surface area (Å²) in [5.74, 6) is 0. The number of pyridine rings is 1. The number of hydrogen-bond acceptors (Lipinski definition) is 4. The lowest BCUT2D eigenvalue weighted by molar-refractivity contribution is 0.0383. The molecule has 1 saturated heterocycles. The molecule has 2 rings (SSSR count). The van der Waals surface area contributed by atoms with Gasteiger partial charge in [-0.3, -0.25) is 4.98 Å². The second-order valence-corrected chi connectivity index (χ2v) is 4.01. The number of nitrogens with zero attached hydrogens (tertiary/aromatic N) is 2. The highest BCUT2D eigenvalue weighted by Gasteiger charge is 2.20. The van der Waals surface area contributed by atoms with E-state index in [1.54, 1.807) is 6.20 Å². The summed E-state index contributed by atoms with van der Waals surface area (Å²) in [7, 11) is 0. The van der Waals surface area contributed by atoms with Crippen LogP contribution >= 0.6 is 0 Å². The fraction of sp³-hybridized carbons (Fsp3) is 0.583. The van der Waals surface area contributed by atoms with Gasteiger partial charge < -0.3 is 14.7 Å². The van der Waals surface area contributed by atoms with E-state index in [-0.39, 0.29) is 6.61 Å². The minimum Gasteiger partial charge on any atom is -0.392 e. The predicted octanol–water partition coefficient (Wildman–Crippen LogP) is 1.19. The molecule has 1 aromatic rings. The Labute approximate surface area is 95.9 Å². The van der Waals surface area contributed by atoms with Gasteiger partial charge in [0.05, 0.1) is 31.2 Å². The summed E-state index contributed by atoms with van der Waals surface area (Å²) in [5.41, 5.74) is 1.97. The molecule has 0 spiro atoms. The number of hydrogen-bond donors (Lipinski definition) is 1. The van der Waals surface area contributed by atoms with Crippen LogP contribution in [0.1, 0.15) is 18.9 Å². The summed E-state index contributed by atoms with van der Waals surface area (Å²) >= 11 is 0. The molecule has 0 amide bonds. The third-order valence-corrected chi connectivity index (χ3v) is 2.99. The van der Waals surface area contributed by atoms with Gasteiger partial charge in [-0.25, -0.2) is 0 Å². The lowest BCUT2D eigenvalue weighted by Crippen LogP contribution is -2.42. The Kier molecular flexibility index (Phi) is 3.74. The van der Waals surface area contributed by atoms with Crippen LogP contribution in [0.25, 0.3) is 0 Å². The van der Waals surface area contributed by atoms with Gasteiger partial charge in [0.15, 0.2) is 0 Å². The molecule has 0 saturated carbocycles. The Morgan fingerprint density at radius 1 is 1.62 bits per heavy atom. The first-order valence-corrected chi connectivity index (χ1v) is 5.75. The lowest BCUT2D eigenvalue weighted by Gasteiger charge is -2.34. The molecule has 0 aromatic carbocycles. The van der Waals surface area contributed by atoms with Gasteiger partial charge in [0.1, 0.15) is 0 Å². The maximum Gasteiger partial charge on any atom is 0.0748 e. The number of aliphatic hydroxyl groups is 1. The Morgan fingerprint density at radius 2 is 2.50 bits per heavy atom. The fourth-order valence-electron chi connectivity index (χ4n) is 2.02. The van der Waals surface area contributed by atoms with Crippen molar-refractivity contribution in [2.24, 2.45) is 0 Å². The molecule has 4 nitrogen and oxygen atoms in total. The molecule has 1 aliphatic heterocycles. The molecule has 4 heteroatoms. The highest BCUT2D eigenvalue weighted by Crippen LogP contribution is 2.22. The van der Waals surface area contributed by atoms with E-state index in [1.165, 1.54) is 0 Å². The van der Waals surface area contributed by atoms with Gasteiger partial charge >= 0.3 is 0 Å². The molecule has 88 valence electrons. The van der Waals surface area contributed by atoms with Crippen LogP contribution in [0.2, 0.25) is 0 Å². The van der Waals surface area contributed by atoms with Gasteiger partial charge in [-0.1, -0.05) is 6.92 Å². The molecule has 1 aromatic heterocycles. The fourth-order valence-corrected chi connectivity index (χ4v) is 2.02. The standard InChI is InChI=1S/C12H18N2O2/c1-2-11-8-14(5-6-16-11)12-7-13-4-3-10(12)9-15/h3-4,7,11,15H,2,5-6,8-9H2,1H3. The summed E-state index contributed by atoms with van der Waals surface area (Å²) in [6, 6.07) is 1.87. The molecule has 0 radical (unpaired) electrons. The highest BCUT2D eigenvalue weighted by molar-refractivity contribution is 5.51. The number of rotatable bonds is 3. The van der Waals surface area contributed by atoms with Crippen molar-refractivity contribution in [3.05, 3.63) is 24.0 Å². The number of anilines is 1. The van der Waals surface area contributed by atoms with Gasteiger partial charge in [-0.2, -0.15) is 0 Å². The predicted molar refractivity (Wildman–Crippen MR) is 62.4 cm³/mol. The Morgan fingerprint density at radius 3 is 3.25 bits per heavy atom. The third-order valence-electron chi connectivity index (χ3n) is 2.99. The van der Waals surface area contributed by atoms with Crippen molar-refractivity contribution in [1.29, 1.82) is 0 Å². The minimum atomic E-state index is 0.0615. The van der Waals surface area contributed by atoms with E-state index in [2.05, 4.69) is 16.8 Å². The van der Waals surface area contributed by atoms with Crippen LogP contribution in [0.15, 0.2) is 18.5 Å². The van der Waals surface area contributed by atoms with Crippen molar-refractivity contribution in [1.82, 2.24) is 4.98 Å². The van der Waals surface area contributed by atoms with Crippen LogP contribution in [0.3, 0.4) is 0 Å². The zero-order valence-corrected chi connectivity index (χ0v) is 9.59. The molecule has 1 unspecified atom stereocenters. The van der Waals surface area contributed by atoms with Crippen LogP contribution in [-0.2, 0) is 11.3 Å². The maximum atomic E-state index is 9.29. The van der Waals surface area contributed by atoms with Crippen molar-refractivity contribution in [2.75, 3.05) is 24.6 Å². The second kappa shape index (κ2) is 5.27. The minimum absolute atomic E-state index is 0.0615. The monoisotopic (exact) mass is 222 g/mol. The summed E-state index contributed by atoms with van der Waals surface area (Å²) in [4.78, 5) is 6.37. The number of morpholine rings is 1.